The van der Waals surface area contributed by atoms with Gasteiger partial charge < -0.3 is 14.8 Å². The number of phenolic OH excluding ortho intramolecular Hbond substituents is 1. The topological polar surface area (TPSA) is 134 Å². The molecule has 10 heteroatoms. The zero-order valence-electron chi connectivity index (χ0n) is 15.1. The van der Waals surface area contributed by atoms with Gasteiger partial charge in [-0.05, 0) is 51.0 Å². The first-order valence-electron chi connectivity index (χ1n) is 8.56. The Hall–Kier alpha value is -2.46. The number of anilines is 1. The highest BCUT2D eigenvalue weighted by Gasteiger charge is 2.46. The predicted octanol–water partition coefficient (Wildman–Crippen LogP) is 1.49. The van der Waals surface area contributed by atoms with E-state index in [0.717, 1.165) is 0 Å². The lowest BCUT2D eigenvalue weighted by atomic mass is 10.2. The van der Waals surface area contributed by atoms with Crippen molar-refractivity contribution in [3.8, 4) is 17.1 Å². The minimum Gasteiger partial charge on any atom is -0.508 e. The van der Waals surface area contributed by atoms with Crippen LogP contribution in [0, 0.1) is 0 Å². The van der Waals surface area contributed by atoms with Gasteiger partial charge in [-0.15, -0.1) is 10.2 Å². The summed E-state index contributed by atoms with van der Waals surface area (Å²) < 4.78 is 29.4. The monoisotopic (exact) mass is 394 g/mol. The van der Waals surface area contributed by atoms with Crippen LogP contribution in [0.2, 0.25) is 0 Å². The number of ether oxygens (including phenoxy) is 1. The molecule has 1 aromatic heterocycles. The Kier molecular flexibility index (Phi) is 5.20. The van der Waals surface area contributed by atoms with Crippen LogP contribution in [-0.4, -0.2) is 57.8 Å². The molecule has 1 amide bonds. The van der Waals surface area contributed by atoms with Crippen molar-refractivity contribution < 1.29 is 23.1 Å². The number of rotatable bonds is 5. The fourth-order valence-corrected chi connectivity index (χ4v) is 4.81. The Labute approximate surface area is 157 Å². The highest BCUT2D eigenvalue weighted by molar-refractivity contribution is 7.94. The molecule has 1 aromatic carbocycles. The van der Waals surface area contributed by atoms with Crippen molar-refractivity contribution in [2.24, 2.45) is 0 Å². The van der Waals surface area contributed by atoms with Gasteiger partial charge in [0.2, 0.25) is 11.9 Å². The minimum atomic E-state index is -3.71. The van der Waals surface area contributed by atoms with E-state index in [-0.39, 0.29) is 11.7 Å². The lowest BCUT2D eigenvalue weighted by molar-refractivity contribution is -0.117. The average molecular weight is 394 g/mol. The number of carbonyl (C=O) groups excluding carboxylic acids is 1. The van der Waals surface area contributed by atoms with Crippen LogP contribution >= 0.6 is 0 Å². The molecule has 3 rings (SSSR count). The molecule has 2 aromatic rings. The number of carbonyl (C=O) groups is 1. The zero-order valence-corrected chi connectivity index (χ0v) is 15.9. The first-order chi connectivity index (χ1) is 12.7. The molecule has 0 bridgehead atoms. The lowest BCUT2D eigenvalue weighted by Crippen LogP contribution is -2.50. The smallest absolute Gasteiger partial charge is 0.247 e. The molecule has 146 valence electrons. The Morgan fingerprint density at radius 1 is 1.22 bits per heavy atom. The number of H-pyrrole nitrogens is 1. The Balaban J connectivity index is 1.75. The summed E-state index contributed by atoms with van der Waals surface area (Å²) >= 11 is 0. The third-order valence-electron chi connectivity index (χ3n) is 4.72. The quantitative estimate of drug-likeness (QED) is 0.699. The van der Waals surface area contributed by atoms with Crippen LogP contribution in [0.25, 0.3) is 11.4 Å². The van der Waals surface area contributed by atoms with Gasteiger partial charge in [0.1, 0.15) is 10.5 Å². The summed E-state index contributed by atoms with van der Waals surface area (Å²) in [6.07, 6.45) is 0.763. The van der Waals surface area contributed by atoms with Crippen molar-refractivity contribution in [1.82, 2.24) is 15.2 Å². The molecule has 0 aliphatic carbocycles. The third kappa shape index (κ3) is 3.81. The van der Waals surface area contributed by atoms with Gasteiger partial charge in [0, 0.05) is 18.8 Å². The van der Waals surface area contributed by atoms with E-state index < -0.39 is 25.7 Å². The molecule has 0 saturated carbocycles. The summed E-state index contributed by atoms with van der Waals surface area (Å²) in [5, 5.41) is 19.0. The molecule has 0 radical (unpaired) electrons. The van der Waals surface area contributed by atoms with Gasteiger partial charge >= 0.3 is 0 Å². The maximum Gasteiger partial charge on any atom is 0.247 e. The second kappa shape index (κ2) is 7.28. The van der Waals surface area contributed by atoms with Gasteiger partial charge in [0.15, 0.2) is 15.7 Å². The molecule has 0 atom stereocenters. The van der Waals surface area contributed by atoms with Gasteiger partial charge in [-0.1, -0.05) is 0 Å². The van der Waals surface area contributed by atoms with Crippen LogP contribution in [0.4, 0.5) is 5.95 Å². The number of sulfone groups is 1. The molecule has 1 aliphatic heterocycles. The van der Waals surface area contributed by atoms with E-state index in [1.807, 2.05) is 0 Å². The molecule has 1 aliphatic rings. The summed E-state index contributed by atoms with van der Waals surface area (Å²) in [6, 6.07) is 6.28. The van der Waals surface area contributed by atoms with E-state index in [2.05, 4.69) is 20.5 Å². The predicted molar refractivity (Wildman–Crippen MR) is 99.0 cm³/mol. The number of phenols is 1. The van der Waals surface area contributed by atoms with Crippen molar-refractivity contribution >= 4 is 21.7 Å². The first-order valence-corrected chi connectivity index (χ1v) is 10.1. The standard InChI is InChI=1S/C17H22N4O5S/c1-17(2,27(24,25)13-7-9-26-10-8-13)15(23)19-16-18-14(20-21-16)11-3-5-12(22)6-4-11/h3-6,13,22H,7-10H2,1-2H3,(H2,18,19,20,21,23). The first kappa shape index (κ1) is 19.3. The lowest BCUT2D eigenvalue weighted by Gasteiger charge is -2.30. The van der Waals surface area contributed by atoms with Gasteiger partial charge in [0.25, 0.3) is 0 Å². The summed E-state index contributed by atoms with van der Waals surface area (Å²) in [6.45, 7) is 3.54. The van der Waals surface area contributed by atoms with E-state index in [9.17, 15) is 18.3 Å². The second-order valence-electron chi connectivity index (χ2n) is 6.89. The Morgan fingerprint density at radius 3 is 2.48 bits per heavy atom. The number of amides is 1. The number of nitrogens with one attached hydrogen (secondary N) is 2. The molecule has 1 saturated heterocycles. The number of aromatic amines is 1. The molecule has 0 spiro atoms. The molecule has 3 N–H and O–H groups in total. The van der Waals surface area contributed by atoms with E-state index in [4.69, 9.17) is 4.74 Å². The minimum absolute atomic E-state index is 0.0540. The molecule has 1 fully saturated rings. The highest BCUT2D eigenvalue weighted by Crippen LogP contribution is 2.28. The second-order valence-corrected chi connectivity index (χ2v) is 9.67. The van der Waals surface area contributed by atoms with Crippen molar-refractivity contribution in [2.75, 3.05) is 18.5 Å². The number of nitrogens with zero attached hydrogens (tertiary/aromatic N) is 2. The maximum atomic E-state index is 12.9. The van der Waals surface area contributed by atoms with E-state index in [1.54, 1.807) is 12.1 Å². The Morgan fingerprint density at radius 2 is 1.85 bits per heavy atom. The average Bonchev–Trinajstić information content (AvgIpc) is 3.11. The summed E-state index contributed by atoms with van der Waals surface area (Å²) in [7, 11) is -3.71. The molecule has 0 unspecified atom stereocenters. The van der Waals surface area contributed by atoms with Crippen molar-refractivity contribution in [2.45, 2.75) is 36.7 Å². The van der Waals surface area contributed by atoms with Gasteiger partial charge in [-0.25, -0.2) is 8.42 Å². The van der Waals surface area contributed by atoms with Crippen LogP contribution in [0.1, 0.15) is 26.7 Å². The van der Waals surface area contributed by atoms with Gasteiger partial charge in [0.05, 0.1) is 5.25 Å². The maximum absolute atomic E-state index is 12.9. The zero-order chi connectivity index (χ0) is 19.7. The number of aromatic hydroxyl groups is 1. The fraction of sp³-hybridized carbons (Fsp3) is 0.471. The third-order valence-corrected chi connectivity index (χ3v) is 7.68. The van der Waals surface area contributed by atoms with Gasteiger partial charge in [-0.3, -0.25) is 10.1 Å². The van der Waals surface area contributed by atoms with E-state index >= 15 is 0 Å². The number of benzene rings is 1. The Bertz CT molecular complexity index is 915. The molecular weight excluding hydrogens is 372 g/mol. The van der Waals surface area contributed by atoms with Crippen LogP contribution < -0.4 is 5.32 Å². The SMILES string of the molecule is CC(C)(C(=O)Nc1nnc(-c2ccc(O)cc2)[nH]1)S(=O)(=O)C1CCOCC1. The normalized spacial score (nSPS) is 16.2. The van der Waals surface area contributed by atoms with E-state index in [0.29, 0.717) is 37.4 Å². The molecule has 2 heterocycles. The highest BCUT2D eigenvalue weighted by atomic mass is 32.2. The van der Waals surface area contributed by atoms with Crippen LogP contribution in [0.15, 0.2) is 24.3 Å². The van der Waals surface area contributed by atoms with Crippen LogP contribution in [0.3, 0.4) is 0 Å². The fourth-order valence-electron chi connectivity index (χ4n) is 2.86. The number of hydrogen-bond acceptors (Lipinski definition) is 7. The molecule has 9 nitrogen and oxygen atoms in total. The largest absolute Gasteiger partial charge is 0.508 e. The summed E-state index contributed by atoms with van der Waals surface area (Å²) in [5.74, 6) is -0.122. The van der Waals surface area contributed by atoms with Crippen LogP contribution in [0.5, 0.6) is 5.75 Å². The molecule has 27 heavy (non-hydrogen) atoms. The van der Waals surface area contributed by atoms with Gasteiger partial charge in [-0.2, -0.15) is 0 Å². The van der Waals surface area contributed by atoms with Crippen molar-refractivity contribution in [3.05, 3.63) is 24.3 Å². The summed E-state index contributed by atoms with van der Waals surface area (Å²) in [4.78, 5) is 15.5. The number of hydrogen-bond donors (Lipinski definition) is 3. The van der Waals surface area contributed by atoms with Crippen molar-refractivity contribution in [3.63, 3.8) is 0 Å². The van der Waals surface area contributed by atoms with Crippen LogP contribution in [-0.2, 0) is 19.4 Å². The van der Waals surface area contributed by atoms with Crippen molar-refractivity contribution in [1.29, 1.82) is 0 Å². The molecular formula is C17H22N4O5S. The summed E-state index contributed by atoms with van der Waals surface area (Å²) in [5.41, 5.74) is 0.662. The van der Waals surface area contributed by atoms with E-state index in [1.165, 1.54) is 26.0 Å². The number of aromatic nitrogens is 3.